The zero-order chi connectivity index (χ0) is 51.4. The summed E-state index contributed by atoms with van der Waals surface area (Å²) < 4.78 is 16.9. The van der Waals surface area contributed by atoms with E-state index in [-0.39, 0.29) is 31.1 Å². The molecule has 0 heterocycles. The minimum absolute atomic E-state index is 0.0844. The van der Waals surface area contributed by atoms with Gasteiger partial charge in [0, 0.05) is 19.3 Å². The molecule has 0 fully saturated rings. The van der Waals surface area contributed by atoms with Crippen LogP contribution in [0.4, 0.5) is 0 Å². The minimum Gasteiger partial charge on any atom is -0.462 e. The first-order chi connectivity index (χ1) is 35.0. The fourth-order valence-electron chi connectivity index (χ4n) is 8.79. The number of hydrogen-bond acceptors (Lipinski definition) is 6. The number of ether oxygens (including phenoxy) is 3. The van der Waals surface area contributed by atoms with E-state index >= 15 is 0 Å². The van der Waals surface area contributed by atoms with Gasteiger partial charge in [-0.2, -0.15) is 0 Å². The topological polar surface area (TPSA) is 78.9 Å². The largest absolute Gasteiger partial charge is 0.462 e. The Hall–Kier alpha value is -2.89. The molecule has 0 aromatic rings. The molecule has 0 rings (SSSR count). The van der Waals surface area contributed by atoms with Crippen molar-refractivity contribution >= 4 is 17.9 Å². The highest BCUT2D eigenvalue weighted by atomic mass is 16.6. The summed E-state index contributed by atoms with van der Waals surface area (Å²) in [6.07, 6.45) is 75.0. The van der Waals surface area contributed by atoms with E-state index in [2.05, 4.69) is 81.5 Å². The van der Waals surface area contributed by atoms with Gasteiger partial charge in [0.25, 0.3) is 0 Å². The molecule has 71 heavy (non-hydrogen) atoms. The average molecular weight is 994 g/mol. The fourth-order valence-corrected chi connectivity index (χ4v) is 8.79. The van der Waals surface area contributed by atoms with Crippen LogP contribution in [0.5, 0.6) is 0 Å². The first kappa shape index (κ1) is 68.1. The van der Waals surface area contributed by atoms with Gasteiger partial charge in [0.05, 0.1) is 0 Å². The van der Waals surface area contributed by atoms with Crippen LogP contribution >= 0.6 is 0 Å². The molecule has 6 heteroatoms. The second-order valence-corrected chi connectivity index (χ2v) is 20.6. The van der Waals surface area contributed by atoms with Gasteiger partial charge in [0.1, 0.15) is 13.2 Å². The van der Waals surface area contributed by atoms with Crippen LogP contribution in [0.1, 0.15) is 316 Å². The number of carbonyl (C=O) groups is 3. The summed E-state index contributed by atoms with van der Waals surface area (Å²) in [5.74, 6) is -0.898. The van der Waals surface area contributed by atoms with Gasteiger partial charge in [0.2, 0.25) is 0 Å². The van der Waals surface area contributed by atoms with Gasteiger partial charge in [-0.15, -0.1) is 0 Å². The van der Waals surface area contributed by atoms with Crippen molar-refractivity contribution in [2.75, 3.05) is 13.2 Å². The zero-order valence-electron chi connectivity index (χ0n) is 47.2. The SMILES string of the molecule is CCCCC/C=C\C/C=C\C/C=C\CCCCCCC(=O)O[C@@H](COC(=O)CCCCCCCCC/C=C\CCCCCCCC)COC(=O)CCCCCCCCCCC/C=C\CCCCCCCC. The molecule has 0 unspecified atom stereocenters. The minimum atomic E-state index is -0.789. The van der Waals surface area contributed by atoms with Crippen LogP contribution in [0.2, 0.25) is 0 Å². The first-order valence-electron chi connectivity index (χ1n) is 30.8. The molecule has 0 spiro atoms. The molecule has 412 valence electrons. The summed E-state index contributed by atoms with van der Waals surface area (Å²) in [6.45, 7) is 6.62. The monoisotopic (exact) mass is 993 g/mol. The van der Waals surface area contributed by atoms with Gasteiger partial charge in [-0.3, -0.25) is 14.4 Å². The number of carbonyl (C=O) groups excluding carboxylic acids is 3. The zero-order valence-corrected chi connectivity index (χ0v) is 47.2. The Bertz CT molecular complexity index is 1280. The highest BCUT2D eigenvalue weighted by molar-refractivity contribution is 5.71. The fraction of sp³-hybridized carbons (Fsp3) is 0.800. The molecule has 0 bridgehead atoms. The molecule has 0 aliphatic carbocycles. The van der Waals surface area contributed by atoms with Gasteiger partial charge in [0.15, 0.2) is 6.10 Å². The highest BCUT2D eigenvalue weighted by Gasteiger charge is 2.19. The summed E-state index contributed by atoms with van der Waals surface area (Å²) >= 11 is 0. The molecule has 6 nitrogen and oxygen atoms in total. The summed E-state index contributed by atoms with van der Waals surface area (Å²) in [4.78, 5) is 38.3. The molecule has 0 radical (unpaired) electrons. The molecule has 0 aliphatic rings. The predicted molar refractivity (Wildman–Crippen MR) is 307 cm³/mol. The average Bonchev–Trinajstić information content (AvgIpc) is 3.37. The maximum absolute atomic E-state index is 12.9. The van der Waals surface area contributed by atoms with Crippen LogP contribution < -0.4 is 0 Å². The van der Waals surface area contributed by atoms with Crippen LogP contribution in [-0.4, -0.2) is 37.2 Å². The Labute approximate surface area is 440 Å². The van der Waals surface area contributed by atoms with Crippen LogP contribution in [0.3, 0.4) is 0 Å². The normalized spacial score (nSPS) is 12.4. The maximum atomic E-state index is 12.9. The van der Waals surface area contributed by atoms with E-state index in [1.165, 1.54) is 193 Å². The number of hydrogen-bond donors (Lipinski definition) is 0. The summed E-state index contributed by atoms with van der Waals surface area (Å²) in [5, 5.41) is 0. The van der Waals surface area contributed by atoms with Crippen LogP contribution in [0.15, 0.2) is 60.8 Å². The number of allylic oxidation sites excluding steroid dienone is 10. The van der Waals surface area contributed by atoms with E-state index in [9.17, 15) is 14.4 Å². The van der Waals surface area contributed by atoms with Crippen LogP contribution in [-0.2, 0) is 28.6 Å². The smallest absolute Gasteiger partial charge is 0.306 e. The lowest BCUT2D eigenvalue weighted by molar-refractivity contribution is -0.167. The second kappa shape index (κ2) is 59.7. The second-order valence-electron chi connectivity index (χ2n) is 20.6. The third kappa shape index (κ3) is 57.9. The molecule has 0 aromatic carbocycles. The molecule has 0 N–H and O–H groups in total. The molecular formula is C65H116O6. The van der Waals surface area contributed by atoms with E-state index in [1.54, 1.807) is 0 Å². The van der Waals surface area contributed by atoms with Crippen molar-refractivity contribution in [1.29, 1.82) is 0 Å². The number of unbranched alkanes of at least 4 members (excludes halogenated alkanes) is 35. The maximum Gasteiger partial charge on any atom is 0.306 e. The van der Waals surface area contributed by atoms with E-state index in [4.69, 9.17) is 14.2 Å². The van der Waals surface area contributed by atoms with Gasteiger partial charge in [-0.25, -0.2) is 0 Å². The number of rotatable bonds is 56. The van der Waals surface area contributed by atoms with Crippen molar-refractivity contribution in [2.45, 2.75) is 322 Å². The van der Waals surface area contributed by atoms with Gasteiger partial charge in [-0.1, -0.05) is 248 Å². The Kier molecular flexibility index (Phi) is 57.2. The third-order valence-corrected chi connectivity index (χ3v) is 13.5. The molecule has 0 amide bonds. The van der Waals surface area contributed by atoms with Crippen molar-refractivity contribution in [2.24, 2.45) is 0 Å². The highest BCUT2D eigenvalue weighted by Crippen LogP contribution is 2.16. The Balaban J connectivity index is 4.40. The molecule has 0 aliphatic heterocycles. The third-order valence-electron chi connectivity index (χ3n) is 13.5. The summed E-state index contributed by atoms with van der Waals surface area (Å²) in [6, 6.07) is 0. The lowest BCUT2D eigenvalue weighted by Crippen LogP contribution is -2.30. The van der Waals surface area contributed by atoms with Crippen molar-refractivity contribution in [3.63, 3.8) is 0 Å². The van der Waals surface area contributed by atoms with Crippen LogP contribution in [0.25, 0.3) is 0 Å². The molecule has 0 aromatic heterocycles. The quantitative estimate of drug-likeness (QED) is 0.0261. The van der Waals surface area contributed by atoms with E-state index in [0.29, 0.717) is 19.3 Å². The van der Waals surface area contributed by atoms with Gasteiger partial charge in [-0.05, 0) is 109 Å². The lowest BCUT2D eigenvalue weighted by atomic mass is 10.1. The first-order valence-corrected chi connectivity index (χ1v) is 30.8. The lowest BCUT2D eigenvalue weighted by Gasteiger charge is -2.18. The van der Waals surface area contributed by atoms with E-state index < -0.39 is 6.10 Å². The van der Waals surface area contributed by atoms with Crippen LogP contribution in [0, 0.1) is 0 Å². The summed E-state index contributed by atoms with van der Waals surface area (Å²) in [5.41, 5.74) is 0. The molecule has 0 saturated heterocycles. The van der Waals surface area contributed by atoms with Crippen molar-refractivity contribution in [1.82, 2.24) is 0 Å². The van der Waals surface area contributed by atoms with Gasteiger partial charge >= 0.3 is 17.9 Å². The van der Waals surface area contributed by atoms with Crippen molar-refractivity contribution in [3.8, 4) is 0 Å². The predicted octanol–water partition coefficient (Wildman–Crippen LogP) is 20.8. The Morgan fingerprint density at radius 3 is 0.831 bits per heavy atom. The summed E-state index contributed by atoms with van der Waals surface area (Å²) in [7, 11) is 0. The Morgan fingerprint density at radius 2 is 0.507 bits per heavy atom. The molecule has 1 atom stereocenters. The van der Waals surface area contributed by atoms with E-state index in [0.717, 1.165) is 83.5 Å². The van der Waals surface area contributed by atoms with E-state index in [1.807, 2.05) is 0 Å². The van der Waals surface area contributed by atoms with Gasteiger partial charge < -0.3 is 14.2 Å². The molecular weight excluding hydrogens is 877 g/mol. The standard InChI is InChI=1S/C65H116O6/c1-4-7-10-13-16-19-22-25-28-31-32-35-37-40-43-46-49-52-55-58-64(67)70-61-62(71-65(68)59-56-53-50-47-44-41-38-34-30-27-24-21-18-15-12-9-6-3)60-69-63(66)57-54-51-48-45-42-39-36-33-29-26-23-20-17-14-11-8-5-2/h18,21,25-30,38,41,62H,4-17,19-20,22-24,31-37,39-40,42-61H2,1-3H3/b21-18-,28-25-,29-26-,30-27-,41-38-/t62-/m0/s1. The number of esters is 3. The Morgan fingerprint density at radius 1 is 0.282 bits per heavy atom. The molecule has 0 saturated carbocycles. The van der Waals surface area contributed by atoms with Crippen molar-refractivity contribution in [3.05, 3.63) is 60.8 Å². The van der Waals surface area contributed by atoms with Crippen molar-refractivity contribution < 1.29 is 28.6 Å².